The van der Waals surface area contributed by atoms with Crippen molar-refractivity contribution in [1.29, 1.82) is 0 Å². The number of hydrogen-bond acceptors (Lipinski definition) is 7. The molecular weight excluding hydrogens is 384 g/mol. The number of hydrogen-bond donors (Lipinski definition) is 2. The van der Waals surface area contributed by atoms with E-state index in [1.54, 1.807) is 29.3 Å². The van der Waals surface area contributed by atoms with Gasteiger partial charge in [-0.15, -0.1) is 11.8 Å². The molecule has 0 radical (unpaired) electrons. The zero-order chi connectivity index (χ0) is 19.6. The molecule has 1 aliphatic heterocycles. The third-order valence-electron chi connectivity index (χ3n) is 4.39. The second-order valence-electron chi connectivity index (χ2n) is 7.76. The molecule has 2 N–H and O–H groups in total. The Morgan fingerprint density at radius 1 is 1.52 bits per heavy atom. The minimum atomic E-state index is -0.853. The molecule has 0 unspecified atom stereocenters. The van der Waals surface area contributed by atoms with E-state index in [0.717, 1.165) is 39.5 Å². The third-order valence-corrected chi connectivity index (χ3v) is 6.83. The van der Waals surface area contributed by atoms with Gasteiger partial charge in [0.2, 0.25) is 5.89 Å². The highest BCUT2D eigenvalue weighted by molar-refractivity contribution is 8.00. The highest BCUT2D eigenvalue weighted by Crippen LogP contribution is 2.35. The predicted molar refractivity (Wildman–Crippen MR) is 108 cm³/mol. The van der Waals surface area contributed by atoms with Gasteiger partial charge < -0.3 is 19.7 Å². The third kappa shape index (κ3) is 5.16. The molecule has 0 bridgehead atoms. The largest absolute Gasteiger partial charge is 0.465 e. The van der Waals surface area contributed by atoms with Gasteiger partial charge in [-0.05, 0) is 19.8 Å². The molecule has 1 aliphatic rings. The first-order valence-corrected chi connectivity index (χ1v) is 10.8. The number of carboxylic acid groups (broad SMARTS) is 1. The van der Waals surface area contributed by atoms with Crippen molar-refractivity contribution in [2.75, 3.05) is 18.4 Å². The second kappa shape index (κ2) is 8.10. The number of thioether (sulfide) groups is 1. The number of aryl methyl sites for hydroxylation is 1. The molecule has 1 fully saturated rings. The van der Waals surface area contributed by atoms with Crippen LogP contribution in [0.5, 0.6) is 0 Å². The average Bonchev–Trinajstić information content (AvgIpc) is 3.20. The summed E-state index contributed by atoms with van der Waals surface area (Å²) in [6.07, 6.45) is 2.78. The van der Waals surface area contributed by atoms with Crippen LogP contribution < -0.4 is 5.32 Å². The van der Waals surface area contributed by atoms with Gasteiger partial charge in [-0.25, -0.2) is 14.8 Å². The quantitative estimate of drug-likeness (QED) is 0.697. The lowest BCUT2D eigenvalue weighted by atomic mass is 9.94. The van der Waals surface area contributed by atoms with Crippen molar-refractivity contribution in [3.05, 3.63) is 23.5 Å². The van der Waals surface area contributed by atoms with Crippen LogP contribution in [0.15, 0.2) is 14.8 Å². The van der Waals surface area contributed by atoms with Gasteiger partial charge in [-0.2, -0.15) is 0 Å². The summed E-state index contributed by atoms with van der Waals surface area (Å²) in [5.41, 5.74) is 0.929. The molecular formula is C18H26N4O3S2. The summed E-state index contributed by atoms with van der Waals surface area (Å²) in [5.74, 6) is 2.27. The Hall–Kier alpha value is -1.74. The summed E-state index contributed by atoms with van der Waals surface area (Å²) >= 11 is 3.27. The monoisotopic (exact) mass is 410 g/mol. The fourth-order valence-electron chi connectivity index (χ4n) is 2.87. The fraction of sp³-hybridized carbons (Fsp3) is 0.611. The molecule has 9 heteroatoms. The van der Waals surface area contributed by atoms with Crippen LogP contribution in [0, 0.1) is 6.92 Å². The first kappa shape index (κ1) is 20.0. The van der Waals surface area contributed by atoms with E-state index in [9.17, 15) is 4.79 Å². The van der Waals surface area contributed by atoms with Crippen molar-refractivity contribution in [1.82, 2.24) is 14.9 Å². The van der Waals surface area contributed by atoms with Crippen LogP contribution in [0.4, 0.5) is 9.93 Å². The normalized spacial score (nSPS) is 17.9. The maximum atomic E-state index is 11.2. The molecule has 0 aromatic carbocycles. The van der Waals surface area contributed by atoms with Crippen molar-refractivity contribution in [2.45, 2.75) is 62.0 Å². The SMILES string of the molecule is Cc1nc(N[C@@H]2CCCN(C(=O)O)C2)sc1SCc1ncc(C(C)(C)C)o1. The first-order chi connectivity index (χ1) is 12.7. The van der Waals surface area contributed by atoms with Crippen LogP contribution in [0.3, 0.4) is 0 Å². The number of thiazole rings is 1. The van der Waals surface area contributed by atoms with Crippen LogP contribution in [-0.4, -0.2) is 45.2 Å². The molecule has 148 valence electrons. The van der Waals surface area contributed by atoms with E-state index in [-0.39, 0.29) is 11.5 Å². The Morgan fingerprint density at radius 2 is 2.30 bits per heavy atom. The van der Waals surface area contributed by atoms with E-state index in [2.05, 4.69) is 36.1 Å². The van der Waals surface area contributed by atoms with Gasteiger partial charge in [-0.1, -0.05) is 32.1 Å². The summed E-state index contributed by atoms with van der Waals surface area (Å²) in [6, 6.07) is 0.110. The summed E-state index contributed by atoms with van der Waals surface area (Å²) in [5, 5.41) is 13.4. The lowest BCUT2D eigenvalue weighted by Crippen LogP contribution is -2.44. The second-order valence-corrected chi connectivity index (χ2v) is 10.0. The van der Waals surface area contributed by atoms with Crippen LogP contribution in [-0.2, 0) is 11.2 Å². The molecule has 1 saturated heterocycles. The maximum absolute atomic E-state index is 11.2. The predicted octanol–water partition coefficient (Wildman–Crippen LogP) is 4.58. The van der Waals surface area contributed by atoms with Crippen LogP contribution in [0.2, 0.25) is 0 Å². The zero-order valence-corrected chi connectivity index (χ0v) is 17.7. The first-order valence-electron chi connectivity index (χ1n) is 9.02. The Bertz CT molecular complexity index is 797. The molecule has 3 rings (SSSR count). The van der Waals surface area contributed by atoms with Gasteiger partial charge in [0.15, 0.2) is 5.13 Å². The smallest absolute Gasteiger partial charge is 0.407 e. The van der Waals surface area contributed by atoms with Gasteiger partial charge in [-0.3, -0.25) is 0 Å². The van der Waals surface area contributed by atoms with Crippen LogP contribution in [0.1, 0.15) is 51.0 Å². The van der Waals surface area contributed by atoms with E-state index in [0.29, 0.717) is 18.8 Å². The minimum Gasteiger partial charge on any atom is -0.465 e. The summed E-state index contributed by atoms with van der Waals surface area (Å²) in [4.78, 5) is 21.6. The number of piperidine rings is 1. The maximum Gasteiger partial charge on any atom is 0.407 e. The number of rotatable bonds is 5. The number of anilines is 1. The fourth-order valence-corrected chi connectivity index (χ4v) is 4.94. The standard InChI is InChI=1S/C18H26N4O3S2/c1-11-15(26-10-14-19-8-13(25-14)18(2,3)4)27-16(20-11)21-12-6-5-7-22(9-12)17(23)24/h8,12H,5-7,9-10H2,1-4H3,(H,20,21)(H,23,24)/t12-/m1/s1. The van der Waals surface area contributed by atoms with Gasteiger partial charge in [0.1, 0.15) is 5.76 Å². The number of nitrogens with one attached hydrogen (secondary N) is 1. The molecule has 2 aromatic rings. The molecule has 0 spiro atoms. The summed E-state index contributed by atoms with van der Waals surface area (Å²) in [6.45, 7) is 9.41. The lowest BCUT2D eigenvalue weighted by Gasteiger charge is -2.31. The molecule has 2 aromatic heterocycles. The topological polar surface area (TPSA) is 91.5 Å². The van der Waals surface area contributed by atoms with Crippen LogP contribution in [0.25, 0.3) is 0 Å². The highest BCUT2D eigenvalue weighted by atomic mass is 32.2. The minimum absolute atomic E-state index is 0.0444. The van der Waals surface area contributed by atoms with Gasteiger partial charge in [0, 0.05) is 24.5 Å². The molecule has 0 saturated carbocycles. The van der Waals surface area contributed by atoms with Crippen molar-refractivity contribution in [3.8, 4) is 0 Å². The van der Waals surface area contributed by atoms with Crippen molar-refractivity contribution < 1.29 is 14.3 Å². The Labute approximate surface area is 167 Å². The van der Waals surface area contributed by atoms with E-state index in [1.165, 1.54) is 4.90 Å². The number of aromatic nitrogens is 2. The Morgan fingerprint density at radius 3 is 2.96 bits per heavy atom. The van der Waals surface area contributed by atoms with Crippen molar-refractivity contribution in [2.24, 2.45) is 0 Å². The molecule has 1 amide bonds. The van der Waals surface area contributed by atoms with Crippen molar-refractivity contribution in [3.63, 3.8) is 0 Å². The molecule has 3 heterocycles. The molecule has 7 nitrogen and oxygen atoms in total. The lowest BCUT2D eigenvalue weighted by molar-refractivity contribution is 0.133. The zero-order valence-electron chi connectivity index (χ0n) is 16.1. The average molecular weight is 411 g/mol. The number of likely N-dealkylation sites (tertiary alicyclic amines) is 1. The van der Waals surface area contributed by atoms with E-state index < -0.39 is 6.09 Å². The number of carbonyl (C=O) groups is 1. The van der Waals surface area contributed by atoms with Crippen molar-refractivity contribution >= 4 is 34.3 Å². The van der Waals surface area contributed by atoms with Gasteiger partial charge >= 0.3 is 6.09 Å². The van der Waals surface area contributed by atoms with Crippen LogP contribution >= 0.6 is 23.1 Å². The van der Waals surface area contributed by atoms with Gasteiger partial charge in [0.25, 0.3) is 0 Å². The number of nitrogens with zero attached hydrogens (tertiary/aromatic N) is 3. The Kier molecular flexibility index (Phi) is 6.00. The summed E-state index contributed by atoms with van der Waals surface area (Å²) < 4.78 is 6.97. The highest BCUT2D eigenvalue weighted by Gasteiger charge is 2.24. The Balaban J connectivity index is 1.58. The summed E-state index contributed by atoms with van der Waals surface area (Å²) in [7, 11) is 0. The van der Waals surface area contributed by atoms with E-state index in [4.69, 9.17) is 9.52 Å². The molecule has 1 atom stereocenters. The number of oxazole rings is 1. The molecule has 27 heavy (non-hydrogen) atoms. The van der Waals surface area contributed by atoms with E-state index >= 15 is 0 Å². The van der Waals surface area contributed by atoms with Gasteiger partial charge in [0.05, 0.1) is 21.9 Å². The number of amides is 1. The van der Waals surface area contributed by atoms with E-state index in [1.807, 2.05) is 6.92 Å². The molecule has 0 aliphatic carbocycles.